The number of hydrogen-bond acceptors (Lipinski definition) is 6. The van der Waals surface area contributed by atoms with E-state index in [1.807, 2.05) is 48.5 Å². The summed E-state index contributed by atoms with van der Waals surface area (Å²) in [4.78, 5) is 18.1. The number of carbonyl (C=O) groups excluding carboxylic acids is 1. The van der Waals surface area contributed by atoms with Gasteiger partial charge in [0.25, 0.3) is 5.91 Å². The van der Waals surface area contributed by atoms with E-state index in [2.05, 4.69) is 26.1 Å². The van der Waals surface area contributed by atoms with E-state index in [0.29, 0.717) is 35.1 Å². The van der Waals surface area contributed by atoms with Gasteiger partial charge in [-0.25, -0.2) is 9.50 Å². The van der Waals surface area contributed by atoms with Gasteiger partial charge in [-0.3, -0.25) is 4.79 Å². The van der Waals surface area contributed by atoms with Crippen molar-refractivity contribution in [3.8, 4) is 28.5 Å². The van der Waals surface area contributed by atoms with Crippen LogP contribution in [-0.4, -0.2) is 34.4 Å². The standard InChI is InChI=1S/C26H26N4O4/c1-26(2,3)23-13-24-28-19(17-6-5-7-18(11-17)32-4)12-20(30(24)29-23)25(31)27-14-16-8-9-21-22(10-16)34-15-33-21/h5-13H,14-15H2,1-4H3,(H,27,31). The van der Waals surface area contributed by atoms with Gasteiger partial charge in [-0.2, -0.15) is 5.10 Å². The first kappa shape index (κ1) is 21.8. The average molecular weight is 459 g/mol. The third-order valence-corrected chi connectivity index (χ3v) is 5.68. The van der Waals surface area contributed by atoms with Gasteiger partial charge in [0.2, 0.25) is 6.79 Å². The maximum atomic E-state index is 13.4. The first-order valence-corrected chi connectivity index (χ1v) is 11.0. The van der Waals surface area contributed by atoms with Crippen LogP contribution in [0.1, 0.15) is 42.5 Å². The summed E-state index contributed by atoms with van der Waals surface area (Å²) in [6.45, 7) is 6.79. The van der Waals surface area contributed by atoms with Crippen molar-refractivity contribution >= 4 is 11.6 Å². The normalized spacial score (nSPS) is 12.7. The molecule has 1 aliphatic heterocycles. The van der Waals surface area contributed by atoms with E-state index >= 15 is 0 Å². The molecule has 8 nitrogen and oxygen atoms in total. The van der Waals surface area contributed by atoms with Gasteiger partial charge in [0.15, 0.2) is 17.1 Å². The summed E-state index contributed by atoms with van der Waals surface area (Å²) in [5.74, 6) is 1.86. The molecule has 8 heteroatoms. The Morgan fingerprint density at radius 1 is 1.09 bits per heavy atom. The Labute approximate surface area is 197 Å². The number of fused-ring (bicyclic) bond motifs is 2. The van der Waals surface area contributed by atoms with Crippen LogP contribution in [0.2, 0.25) is 0 Å². The van der Waals surface area contributed by atoms with Crippen molar-refractivity contribution in [3.05, 3.63) is 71.5 Å². The quantitative estimate of drug-likeness (QED) is 0.478. The second kappa shape index (κ2) is 8.37. The summed E-state index contributed by atoms with van der Waals surface area (Å²) in [7, 11) is 1.62. The van der Waals surface area contributed by atoms with E-state index in [0.717, 1.165) is 22.6 Å². The molecule has 0 spiro atoms. The number of ether oxygens (including phenoxy) is 3. The smallest absolute Gasteiger partial charge is 0.270 e. The molecule has 0 unspecified atom stereocenters. The van der Waals surface area contributed by atoms with Crippen molar-refractivity contribution < 1.29 is 19.0 Å². The lowest BCUT2D eigenvalue weighted by atomic mass is 9.93. The Morgan fingerprint density at radius 3 is 2.71 bits per heavy atom. The number of nitrogens with zero attached hydrogens (tertiary/aromatic N) is 3. The van der Waals surface area contributed by atoms with Gasteiger partial charge in [-0.1, -0.05) is 39.0 Å². The SMILES string of the molecule is COc1cccc(-c2cc(C(=O)NCc3ccc4c(c3)OCO4)n3nc(C(C)(C)C)cc3n2)c1. The zero-order valence-corrected chi connectivity index (χ0v) is 19.6. The molecule has 1 N–H and O–H groups in total. The summed E-state index contributed by atoms with van der Waals surface area (Å²) in [5.41, 5.74) is 4.10. The van der Waals surface area contributed by atoms with E-state index in [1.165, 1.54) is 0 Å². The van der Waals surface area contributed by atoms with Crippen molar-refractivity contribution in [2.75, 3.05) is 13.9 Å². The highest BCUT2D eigenvalue weighted by atomic mass is 16.7. The summed E-state index contributed by atoms with van der Waals surface area (Å²) in [5, 5.41) is 7.71. The maximum Gasteiger partial charge on any atom is 0.270 e. The van der Waals surface area contributed by atoms with Crippen LogP contribution in [-0.2, 0) is 12.0 Å². The number of carbonyl (C=O) groups is 1. The first-order chi connectivity index (χ1) is 16.3. The third kappa shape index (κ3) is 4.14. The van der Waals surface area contributed by atoms with E-state index in [4.69, 9.17) is 24.3 Å². The Hall–Kier alpha value is -4.07. The lowest BCUT2D eigenvalue weighted by molar-refractivity contribution is 0.0943. The topological polar surface area (TPSA) is 87.0 Å². The number of hydrogen-bond donors (Lipinski definition) is 1. The van der Waals surface area contributed by atoms with Crippen LogP contribution in [0.15, 0.2) is 54.6 Å². The summed E-state index contributed by atoms with van der Waals surface area (Å²) in [6.07, 6.45) is 0. The van der Waals surface area contributed by atoms with Gasteiger partial charge in [-0.15, -0.1) is 0 Å². The minimum atomic E-state index is -0.252. The highest BCUT2D eigenvalue weighted by Gasteiger charge is 2.22. The van der Waals surface area contributed by atoms with Gasteiger partial charge >= 0.3 is 0 Å². The van der Waals surface area contributed by atoms with Gasteiger partial charge in [0.1, 0.15) is 11.4 Å². The number of methoxy groups -OCH3 is 1. The number of benzene rings is 2. The highest BCUT2D eigenvalue weighted by Crippen LogP contribution is 2.32. The molecular weight excluding hydrogens is 432 g/mol. The fraction of sp³-hybridized carbons (Fsp3) is 0.269. The highest BCUT2D eigenvalue weighted by molar-refractivity contribution is 5.94. The molecule has 1 aliphatic rings. The number of nitrogens with one attached hydrogen (secondary N) is 1. The fourth-order valence-electron chi connectivity index (χ4n) is 3.76. The number of aromatic nitrogens is 3. The largest absolute Gasteiger partial charge is 0.497 e. The van der Waals surface area contributed by atoms with Gasteiger partial charge in [-0.05, 0) is 35.9 Å². The molecule has 0 aliphatic carbocycles. The lowest BCUT2D eigenvalue weighted by Crippen LogP contribution is -2.26. The van der Waals surface area contributed by atoms with Gasteiger partial charge < -0.3 is 19.5 Å². The molecule has 0 radical (unpaired) electrons. The second-order valence-corrected chi connectivity index (χ2v) is 9.18. The van der Waals surface area contributed by atoms with Crippen molar-refractivity contribution in [2.24, 2.45) is 0 Å². The molecule has 34 heavy (non-hydrogen) atoms. The Morgan fingerprint density at radius 2 is 1.91 bits per heavy atom. The van der Waals surface area contributed by atoms with Crippen LogP contribution in [0.25, 0.3) is 16.9 Å². The lowest BCUT2D eigenvalue weighted by Gasteiger charge is -2.13. The zero-order chi connectivity index (χ0) is 23.9. The van der Waals surface area contributed by atoms with Crippen LogP contribution < -0.4 is 19.5 Å². The minimum absolute atomic E-state index is 0.190. The summed E-state index contributed by atoms with van der Waals surface area (Å²) < 4.78 is 17.8. The van der Waals surface area contributed by atoms with Crippen LogP contribution in [0.3, 0.4) is 0 Å². The molecule has 4 aromatic rings. The second-order valence-electron chi connectivity index (χ2n) is 9.18. The average Bonchev–Trinajstić information content (AvgIpc) is 3.48. The molecule has 1 amide bonds. The van der Waals surface area contributed by atoms with Crippen LogP contribution >= 0.6 is 0 Å². The van der Waals surface area contributed by atoms with Crippen LogP contribution in [0, 0.1) is 0 Å². The maximum absolute atomic E-state index is 13.4. The van der Waals surface area contributed by atoms with Gasteiger partial charge in [0.05, 0.1) is 18.5 Å². The molecular formula is C26H26N4O4. The monoisotopic (exact) mass is 458 g/mol. The van der Waals surface area contributed by atoms with E-state index in [1.54, 1.807) is 17.7 Å². The Balaban J connectivity index is 1.52. The van der Waals surface area contributed by atoms with Crippen molar-refractivity contribution in [1.82, 2.24) is 19.9 Å². The minimum Gasteiger partial charge on any atom is -0.497 e. The molecule has 0 saturated heterocycles. The first-order valence-electron chi connectivity index (χ1n) is 11.0. The van der Waals surface area contributed by atoms with E-state index in [9.17, 15) is 4.79 Å². The number of amides is 1. The van der Waals surface area contributed by atoms with E-state index in [-0.39, 0.29) is 18.1 Å². The summed E-state index contributed by atoms with van der Waals surface area (Å²) in [6, 6.07) is 16.9. The zero-order valence-electron chi connectivity index (χ0n) is 19.6. The third-order valence-electron chi connectivity index (χ3n) is 5.68. The van der Waals surface area contributed by atoms with Crippen LogP contribution in [0.4, 0.5) is 0 Å². The van der Waals surface area contributed by atoms with Crippen molar-refractivity contribution in [2.45, 2.75) is 32.7 Å². The molecule has 2 aromatic carbocycles. The predicted octanol–water partition coefficient (Wildman–Crippen LogP) is 4.36. The Bertz CT molecular complexity index is 1390. The molecule has 3 heterocycles. The molecule has 0 atom stereocenters. The van der Waals surface area contributed by atoms with Crippen molar-refractivity contribution in [3.63, 3.8) is 0 Å². The Kier molecular flexibility index (Phi) is 5.36. The van der Waals surface area contributed by atoms with Crippen LogP contribution in [0.5, 0.6) is 17.2 Å². The fourth-order valence-corrected chi connectivity index (χ4v) is 3.76. The number of rotatable bonds is 5. The molecule has 2 aromatic heterocycles. The molecule has 0 saturated carbocycles. The molecule has 5 rings (SSSR count). The predicted molar refractivity (Wildman–Crippen MR) is 127 cm³/mol. The van der Waals surface area contributed by atoms with Gasteiger partial charge in [0, 0.05) is 23.6 Å². The molecule has 0 bridgehead atoms. The summed E-state index contributed by atoms with van der Waals surface area (Å²) >= 11 is 0. The molecule has 0 fully saturated rings. The van der Waals surface area contributed by atoms with Crippen molar-refractivity contribution in [1.29, 1.82) is 0 Å². The molecule has 174 valence electrons. The van der Waals surface area contributed by atoms with E-state index < -0.39 is 0 Å².